The molecule has 0 aliphatic carbocycles. The second-order valence-corrected chi connectivity index (χ2v) is 1.51. The highest BCUT2D eigenvalue weighted by atomic mass is 16.3. The number of hydrogen-bond donors (Lipinski definition) is 2. The Morgan fingerprint density at radius 1 is 1.80 bits per heavy atom. The molecule has 52 valence electrons. The number of allylic oxidation sites excluding steroid dienone is 1. The maximum Gasteiger partial charge on any atom is 0.215 e. The summed E-state index contributed by atoms with van der Waals surface area (Å²) < 4.78 is 0. The Morgan fingerprint density at radius 2 is 2.60 bits per heavy atom. The average Bonchev–Trinajstić information content (AvgIpc) is 2.38. The number of rotatable bonds is 2. The molecule has 0 aliphatic heterocycles. The molecular weight excluding hydrogens is 134 g/mol. The Morgan fingerprint density at radius 3 is 3.10 bits per heavy atom. The van der Waals surface area contributed by atoms with Crippen molar-refractivity contribution in [2.24, 2.45) is 0 Å². The fourth-order valence-corrected chi connectivity index (χ4v) is 0.471. The van der Waals surface area contributed by atoms with Crippen molar-refractivity contribution in [1.82, 2.24) is 15.2 Å². The topological polar surface area (TPSA) is 78.9 Å². The normalized spacial score (nSPS) is 11.4. The molecule has 0 spiro atoms. The maximum absolute atomic E-state index is 9.81. The molecule has 0 saturated heterocycles. The Kier molecular flexibility index (Phi) is 1.79. The lowest BCUT2D eigenvalue weighted by Gasteiger charge is -1.85. The Hall–Kier alpha value is -1.65. The molecule has 0 fully saturated rings. The van der Waals surface area contributed by atoms with Gasteiger partial charge in [-0.05, 0) is 0 Å². The SMILES string of the molecule is O=C/C=C(/O)c1nc[nH]n1. The molecule has 0 unspecified atom stereocenters. The van der Waals surface area contributed by atoms with Crippen molar-refractivity contribution >= 4 is 12.0 Å². The number of aldehydes is 1. The number of aliphatic hydroxyl groups excluding tert-OH is 1. The highest BCUT2D eigenvalue weighted by molar-refractivity contribution is 5.75. The van der Waals surface area contributed by atoms with Gasteiger partial charge in [-0.1, -0.05) is 0 Å². The van der Waals surface area contributed by atoms with Crippen LogP contribution in [0.4, 0.5) is 0 Å². The maximum atomic E-state index is 9.81. The molecule has 1 heterocycles. The molecule has 0 radical (unpaired) electrons. The Balaban J connectivity index is 2.86. The van der Waals surface area contributed by atoms with Crippen molar-refractivity contribution in [2.45, 2.75) is 0 Å². The third-order valence-electron chi connectivity index (χ3n) is 0.870. The second kappa shape index (κ2) is 2.77. The lowest BCUT2D eigenvalue weighted by molar-refractivity contribution is -0.104. The monoisotopic (exact) mass is 139 g/mol. The van der Waals surface area contributed by atoms with Crippen LogP contribution < -0.4 is 0 Å². The number of nitrogens with one attached hydrogen (secondary N) is 1. The van der Waals surface area contributed by atoms with Gasteiger partial charge in [0.05, 0.1) is 0 Å². The zero-order valence-electron chi connectivity index (χ0n) is 4.98. The summed E-state index contributed by atoms with van der Waals surface area (Å²) in [7, 11) is 0. The van der Waals surface area contributed by atoms with Gasteiger partial charge in [0.1, 0.15) is 12.6 Å². The van der Waals surface area contributed by atoms with Crippen LogP contribution in [0.25, 0.3) is 5.76 Å². The second-order valence-electron chi connectivity index (χ2n) is 1.51. The Labute approximate surface area is 56.4 Å². The number of carbonyl (C=O) groups excluding carboxylic acids is 1. The molecule has 1 aromatic rings. The fourth-order valence-electron chi connectivity index (χ4n) is 0.471. The van der Waals surface area contributed by atoms with Crippen molar-refractivity contribution in [3.63, 3.8) is 0 Å². The van der Waals surface area contributed by atoms with E-state index in [2.05, 4.69) is 15.2 Å². The molecule has 1 rings (SSSR count). The predicted octanol–water partition coefficient (Wildman–Crippen LogP) is -0.0975. The van der Waals surface area contributed by atoms with E-state index in [0.717, 1.165) is 6.08 Å². The summed E-state index contributed by atoms with van der Waals surface area (Å²) in [4.78, 5) is 13.4. The van der Waals surface area contributed by atoms with E-state index in [4.69, 9.17) is 5.11 Å². The molecule has 2 N–H and O–H groups in total. The van der Waals surface area contributed by atoms with Crippen LogP contribution in [0.5, 0.6) is 0 Å². The van der Waals surface area contributed by atoms with E-state index in [1.165, 1.54) is 6.33 Å². The van der Waals surface area contributed by atoms with Gasteiger partial charge in [0.15, 0.2) is 5.76 Å². The van der Waals surface area contributed by atoms with Crippen molar-refractivity contribution in [3.8, 4) is 0 Å². The van der Waals surface area contributed by atoms with E-state index >= 15 is 0 Å². The molecule has 0 aromatic carbocycles. The number of aromatic amines is 1. The highest BCUT2D eigenvalue weighted by Gasteiger charge is 1.99. The van der Waals surface area contributed by atoms with E-state index in [0.29, 0.717) is 6.29 Å². The smallest absolute Gasteiger partial charge is 0.215 e. The molecule has 10 heavy (non-hydrogen) atoms. The van der Waals surface area contributed by atoms with E-state index < -0.39 is 0 Å². The molecule has 0 saturated carbocycles. The number of hydrogen-bond acceptors (Lipinski definition) is 4. The van der Waals surface area contributed by atoms with Crippen LogP contribution in [0.1, 0.15) is 5.82 Å². The number of H-pyrrole nitrogens is 1. The first-order chi connectivity index (χ1) is 4.84. The van der Waals surface area contributed by atoms with Crippen LogP contribution in [0.15, 0.2) is 12.4 Å². The lowest BCUT2D eigenvalue weighted by atomic mass is 10.4. The molecule has 1 aromatic heterocycles. The molecule has 0 bridgehead atoms. The number of aliphatic hydroxyl groups is 1. The minimum Gasteiger partial charge on any atom is -0.504 e. The summed E-state index contributed by atoms with van der Waals surface area (Å²) in [5.41, 5.74) is 0. The standard InChI is InChI=1S/C5H5N3O2/c9-2-1-4(10)5-6-3-7-8-5/h1-3,10H,(H,6,7,8)/b4-1+. The first-order valence-electron chi connectivity index (χ1n) is 2.55. The van der Waals surface area contributed by atoms with Gasteiger partial charge in [0, 0.05) is 6.08 Å². The number of carbonyl (C=O) groups is 1. The fraction of sp³-hybridized carbons (Fsp3) is 0. The molecule has 5 heteroatoms. The summed E-state index contributed by atoms with van der Waals surface area (Å²) in [5, 5.41) is 14.8. The van der Waals surface area contributed by atoms with Crippen molar-refractivity contribution < 1.29 is 9.90 Å². The quantitative estimate of drug-likeness (QED) is 0.340. The summed E-state index contributed by atoms with van der Waals surface area (Å²) >= 11 is 0. The molecule has 5 nitrogen and oxygen atoms in total. The summed E-state index contributed by atoms with van der Waals surface area (Å²) in [6.07, 6.45) is 2.75. The van der Waals surface area contributed by atoms with E-state index in [1.807, 2.05) is 0 Å². The first kappa shape index (κ1) is 6.47. The molecule has 0 amide bonds. The van der Waals surface area contributed by atoms with E-state index in [1.54, 1.807) is 0 Å². The van der Waals surface area contributed by atoms with Gasteiger partial charge in [-0.3, -0.25) is 9.89 Å². The number of nitrogens with zero attached hydrogens (tertiary/aromatic N) is 2. The summed E-state index contributed by atoms with van der Waals surface area (Å²) in [6.45, 7) is 0. The summed E-state index contributed by atoms with van der Waals surface area (Å²) in [5.74, 6) is -0.122. The van der Waals surface area contributed by atoms with Crippen LogP contribution in [-0.2, 0) is 4.79 Å². The highest BCUT2D eigenvalue weighted by Crippen LogP contribution is 1.99. The van der Waals surface area contributed by atoms with Gasteiger partial charge in [0.2, 0.25) is 5.82 Å². The van der Waals surface area contributed by atoms with Crippen molar-refractivity contribution in [3.05, 3.63) is 18.2 Å². The van der Waals surface area contributed by atoms with Crippen LogP contribution in [0.2, 0.25) is 0 Å². The van der Waals surface area contributed by atoms with Gasteiger partial charge in [0.25, 0.3) is 0 Å². The van der Waals surface area contributed by atoms with Gasteiger partial charge in [-0.15, -0.1) is 0 Å². The zero-order valence-corrected chi connectivity index (χ0v) is 4.98. The largest absolute Gasteiger partial charge is 0.504 e. The summed E-state index contributed by atoms with van der Waals surface area (Å²) in [6, 6.07) is 0. The molecular formula is C5H5N3O2. The van der Waals surface area contributed by atoms with E-state index in [-0.39, 0.29) is 11.6 Å². The van der Waals surface area contributed by atoms with Crippen molar-refractivity contribution in [2.75, 3.05) is 0 Å². The third kappa shape index (κ3) is 1.19. The van der Waals surface area contributed by atoms with Gasteiger partial charge >= 0.3 is 0 Å². The van der Waals surface area contributed by atoms with E-state index in [9.17, 15) is 4.79 Å². The van der Waals surface area contributed by atoms with Gasteiger partial charge in [-0.2, -0.15) is 5.10 Å². The van der Waals surface area contributed by atoms with Gasteiger partial charge < -0.3 is 5.11 Å². The average molecular weight is 139 g/mol. The Bertz CT molecular complexity index is 239. The predicted molar refractivity (Wildman–Crippen MR) is 33.1 cm³/mol. The molecule has 0 aliphatic rings. The van der Waals surface area contributed by atoms with Crippen LogP contribution in [0, 0.1) is 0 Å². The zero-order chi connectivity index (χ0) is 7.40. The number of aromatic nitrogens is 3. The van der Waals surface area contributed by atoms with Crippen LogP contribution in [-0.4, -0.2) is 26.6 Å². The first-order valence-corrected chi connectivity index (χ1v) is 2.55. The van der Waals surface area contributed by atoms with Gasteiger partial charge in [-0.25, -0.2) is 4.98 Å². The molecule has 0 atom stereocenters. The third-order valence-corrected chi connectivity index (χ3v) is 0.870. The minimum atomic E-state index is -0.240. The lowest BCUT2D eigenvalue weighted by Crippen LogP contribution is -1.85. The van der Waals surface area contributed by atoms with Crippen LogP contribution >= 0.6 is 0 Å². The van der Waals surface area contributed by atoms with Crippen LogP contribution in [0.3, 0.4) is 0 Å². The van der Waals surface area contributed by atoms with Crippen molar-refractivity contribution in [1.29, 1.82) is 0 Å². The minimum absolute atomic E-state index is 0.118.